The summed E-state index contributed by atoms with van der Waals surface area (Å²) < 4.78 is 5.17. The second kappa shape index (κ2) is 4.02. The summed E-state index contributed by atoms with van der Waals surface area (Å²) in [5.41, 5.74) is 13.3. The van der Waals surface area contributed by atoms with Crippen molar-refractivity contribution in [3.05, 3.63) is 41.1 Å². The maximum Gasteiger partial charge on any atom is 0.213 e. The lowest BCUT2D eigenvalue weighted by atomic mass is 9.82. The normalized spacial score (nSPS) is 12.8. The Morgan fingerprint density at radius 1 is 1.28 bits per heavy atom. The highest BCUT2D eigenvalue weighted by Gasteiger charge is 2.21. The van der Waals surface area contributed by atoms with Gasteiger partial charge in [-0.15, -0.1) is 0 Å². The average molecular weight is 240 g/mol. The number of aryl methyl sites for hydroxylation is 2. The zero-order chi connectivity index (χ0) is 12.7. The molecule has 1 aromatic heterocycles. The summed E-state index contributed by atoms with van der Waals surface area (Å²) in [4.78, 5) is 4.13. The Bertz CT molecular complexity index is 620. The molecular weight excluding hydrogens is 224 g/mol. The number of rotatable bonds is 2. The molecule has 1 aliphatic rings. The Morgan fingerprint density at radius 3 is 2.78 bits per heavy atom. The first kappa shape index (κ1) is 11.1. The van der Waals surface area contributed by atoms with Gasteiger partial charge >= 0.3 is 0 Å². The molecule has 0 spiro atoms. The van der Waals surface area contributed by atoms with Crippen LogP contribution in [0.4, 0.5) is 5.69 Å². The van der Waals surface area contributed by atoms with Crippen molar-refractivity contribution in [3.63, 3.8) is 0 Å². The SMILES string of the molecule is COc1cc(-c2c(C)cc3c(c2N)CC3)ccn1. The van der Waals surface area contributed by atoms with E-state index in [2.05, 4.69) is 18.0 Å². The highest BCUT2D eigenvalue weighted by Crippen LogP contribution is 2.39. The quantitative estimate of drug-likeness (QED) is 0.821. The van der Waals surface area contributed by atoms with Gasteiger partial charge < -0.3 is 10.5 Å². The van der Waals surface area contributed by atoms with Crippen LogP contribution in [0.3, 0.4) is 0 Å². The molecule has 0 saturated carbocycles. The minimum absolute atomic E-state index is 0.619. The average Bonchev–Trinajstić information content (AvgIpc) is 2.34. The molecule has 0 fully saturated rings. The zero-order valence-electron chi connectivity index (χ0n) is 10.7. The molecule has 2 N–H and O–H groups in total. The van der Waals surface area contributed by atoms with E-state index in [0.717, 1.165) is 29.7 Å². The monoisotopic (exact) mass is 240 g/mol. The molecule has 1 heterocycles. The maximum atomic E-state index is 6.30. The number of nitrogen functional groups attached to an aromatic ring is 1. The molecule has 0 aliphatic heterocycles. The fraction of sp³-hybridized carbons (Fsp3) is 0.267. The lowest BCUT2D eigenvalue weighted by Gasteiger charge is -2.25. The van der Waals surface area contributed by atoms with E-state index >= 15 is 0 Å². The van der Waals surface area contributed by atoms with Gasteiger partial charge in [-0.2, -0.15) is 0 Å². The van der Waals surface area contributed by atoms with Crippen molar-refractivity contribution in [2.24, 2.45) is 0 Å². The molecule has 1 aliphatic carbocycles. The van der Waals surface area contributed by atoms with Crippen molar-refractivity contribution >= 4 is 5.69 Å². The van der Waals surface area contributed by atoms with Gasteiger partial charge in [0.15, 0.2) is 0 Å². The van der Waals surface area contributed by atoms with Gasteiger partial charge in [-0.3, -0.25) is 0 Å². The summed E-state index contributed by atoms with van der Waals surface area (Å²) in [6.45, 7) is 2.11. The van der Waals surface area contributed by atoms with E-state index in [0.29, 0.717) is 5.88 Å². The minimum atomic E-state index is 0.619. The maximum absolute atomic E-state index is 6.30. The number of ether oxygens (including phenoxy) is 1. The fourth-order valence-corrected chi connectivity index (χ4v) is 2.62. The van der Waals surface area contributed by atoms with Crippen LogP contribution in [-0.4, -0.2) is 12.1 Å². The van der Waals surface area contributed by atoms with Gasteiger partial charge in [0, 0.05) is 23.5 Å². The summed E-state index contributed by atoms with van der Waals surface area (Å²) in [6.07, 6.45) is 4.00. The number of benzene rings is 1. The van der Waals surface area contributed by atoms with Gasteiger partial charge in [-0.25, -0.2) is 4.98 Å². The minimum Gasteiger partial charge on any atom is -0.481 e. The molecule has 92 valence electrons. The summed E-state index contributed by atoms with van der Waals surface area (Å²) in [6, 6.07) is 6.16. The third-order valence-corrected chi connectivity index (χ3v) is 3.64. The first-order valence-electron chi connectivity index (χ1n) is 6.12. The second-order valence-electron chi connectivity index (χ2n) is 4.71. The molecule has 2 aromatic rings. The summed E-state index contributed by atoms with van der Waals surface area (Å²) in [7, 11) is 1.62. The predicted octanol–water partition coefficient (Wildman–Crippen LogP) is 2.75. The number of nitrogens with zero attached hydrogens (tertiary/aromatic N) is 1. The number of nitrogens with two attached hydrogens (primary N) is 1. The molecule has 18 heavy (non-hydrogen) atoms. The Labute approximate surface area is 107 Å². The Balaban J connectivity index is 2.19. The van der Waals surface area contributed by atoms with E-state index in [1.807, 2.05) is 12.1 Å². The van der Waals surface area contributed by atoms with E-state index in [4.69, 9.17) is 10.5 Å². The van der Waals surface area contributed by atoms with Crippen molar-refractivity contribution < 1.29 is 4.74 Å². The van der Waals surface area contributed by atoms with Crippen LogP contribution in [0.5, 0.6) is 5.88 Å². The van der Waals surface area contributed by atoms with E-state index in [1.165, 1.54) is 16.7 Å². The number of methoxy groups -OCH3 is 1. The molecule has 0 bridgehead atoms. The molecule has 0 radical (unpaired) electrons. The van der Waals surface area contributed by atoms with E-state index in [-0.39, 0.29) is 0 Å². The highest BCUT2D eigenvalue weighted by atomic mass is 16.5. The first-order chi connectivity index (χ1) is 8.70. The number of anilines is 1. The van der Waals surface area contributed by atoms with Gasteiger partial charge in [0.1, 0.15) is 0 Å². The van der Waals surface area contributed by atoms with Crippen molar-refractivity contribution in [1.29, 1.82) is 0 Å². The summed E-state index contributed by atoms with van der Waals surface area (Å²) in [5, 5.41) is 0. The Hall–Kier alpha value is -2.03. The smallest absolute Gasteiger partial charge is 0.213 e. The van der Waals surface area contributed by atoms with E-state index in [9.17, 15) is 0 Å². The second-order valence-corrected chi connectivity index (χ2v) is 4.71. The van der Waals surface area contributed by atoms with Crippen LogP contribution in [0.15, 0.2) is 24.4 Å². The van der Waals surface area contributed by atoms with Crippen LogP contribution in [-0.2, 0) is 12.8 Å². The van der Waals surface area contributed by atoms with Crippen LogP contribution in [0, 0.1) is 6.92 Å². The molecule has 0 amide bonds. The number of pyridine rings is 1. The summed E-state index contributed by atoms with van der Waals surface area (Å²) >= 11 is 0. The van der Waals surface area contributed by atoms with Crippen LogP contribution < -0.4 is 10.5 Å². The third-order valence-electron chi connectivity index (χ3n) is 3.64. The molecule has 0 unspecified atom stereocenters. The topological polar surface area (TPSA) is 48.1 Å². The third kappa shape index (κ3) is 1.55. The lowest BCUT2D eigenvalue weighted by Crippen LogP contribution is -2.13. The van der Waals surface area contributed by atoms with Crippen LogP contribution in [0.1, 0.15) is 16.7 Å². The van der Waals surface area contributed by atoms with Gasteiger partial charge in [-0.05, 0) is 48.1 Å². The molecule has 3 nitrogen and oxygen atoms in total. The number of aromatic nitrogens is 1. The standard InChI is InChI=1S/C15H16N2O/c1-9-7-10-3-4-12(10)15(16)14(9)11-5-6-17-13(8-11)18-2/h5-8H,3-4,16H2,1-2H3. The molecule has 3 heteroatoms. The molecule has 1 aromatic carbocycles. The fourth-order valence-electron chi connectivity index (χ4n) is 2.62. The number of fused-ring (bicyclic) bond motifs is 1. The highest BCUT2D eigenvalue weighted by molar-refractivity contribution is 5.83. The van der Waals surface area contributed by atoms with Crippen LogP contribution in [0.25, 0.3) is 11.1 Å². The van der Waals surface area contributed by atoms with Crippen molar-refractivity contribution in [2.75, 3.05) is 12.8 Å². The molecule has 0 saturated heterocycles. The zero-order valence-corrected chi connectivity index (χ0v) is 10.7. The van der Waals surface area contributed by atoms with Gasteiger partial charge in [0.2, 0.25) is 5.88 Å². The Kier molecular flexibility index (Phi) is 2.47. The van der Waals surface area contributed by atoms with Gasteiger partial charge in [0.25, 0.3) is 0 Å². The number of hydrogen-bond acceptors (Lipinski definition) is 3. The van der Waals surface area contributed by atoms with Crippen LogP contribution in [0.2, 0.25) is 0 Å². The lowest BCUT2D eigenvalue weighted by molar-refractivity contribution is 0.398. The van der Waals surface area contributed by atoms with E-state index in [1.54, 1.807) is 13.3 Å². The van der Waals surface area contributed by atoms with Crippen molar-refractivity contribution in [2.45, 2.75) is 19.8 Å². The van der Waals surface area contributed by atoms with Gasteiger partial charge in [0.05, 0.1) is 7.11 Å². The largest absolute Gasteiger partial charge is 0.481 e. The molecular formula is C15H16N2O. The molecule has 0 atom stereocenters. The predicted molar refractivity (Wildman–Crippen MR) is 72.8 cm³/mol. The Morgan fingerprint density at radius 2 is 2.11 bits per heavy atom. The van der Waals surface area contributed by atoms with Crippen molar-refractivity contribution in [1.82, 2.24) is 4.98 Å². The number of hydrogen-bond donors (Lipinski definition) is 1. The molecule has 3 rings (SSSR count). The van der Waals surface area contributed by atoms with Gasteiger partial charge in [-0.1, -0.05) is 6.07 Å². The van der Waals surface area contributed by atoms with E-state index < -0.39 is 0 Å². The van der Waals surface area contributed by atoms with Crippen LogP contribution >= 0.6 is 0 Å². The first-order valence-corrected chi connectivity index (χ1v) is 6.12. The summed E-state index contributed by atoms with van der Waals surface area (Å²) in [5.74, 6) is 0.619. The van der Waals surface area contributed by atoms with Crippen molar-refractivity contribution in [3.8, 4) is 17.0 Å².